The van der Waals surface area contributed by atoms with Gasteiger partial charge in [0.05, 0.1) is 5.69 Å². The lowest BCUT2D eigenvalue weighted by molar-refractivity contribution is 0.329. The molecule has 0 amide bonds. The van der Waals surface area contributed by atoms with Crippen molar-refractivity contribution in [2.24, 2.45) is 11.7 Å². The number of nitrogens with two attached hydrogens (primary N) is 1. The number of rotatable bonds is 2. The van der Waals surface area contributed by atoms with Crippen molar-refractivity contribution in [1.82, 2.24) is 4.98 Å². The molecule has 1 fully saturated rings. The maximum atomic E-state index is 5.66. The van der Waals surface area contributed by atoms with Crippen LogP contribution in [0.4, 0.5) is 0 Å². The Morgan fingerprint density at radius 2 is 2.14 bits per heavy atom. The first-order chi connectivity index (χ1) is 6.79. The standard InChI is InChI=1S/C11H18N2O/c1-8-13-11(7-14-8)10-4-2-9(6-12)3-5-10/h7,9-10H,2-6,12H2,1H3. The fourth-order valence-electron chi connectivity index (χ4n) is 2.26. The predicted octanol–water partition coefficient (Wildman–Crippen LogP) is 2.22. The summed E-state index contributed by atoms with van der Waals surface area (Å²) in [7, 11) is 0. The van der Waals surface area contributed by atoms with E-state index < -0.39 is 0 Å². The van der Waals surface area contributed by atoms with Crippen LogP contribution in [0, 0.1) is 12.8 Å². The zero-order valence-electron chi connectivity index (χ0n) is 8.70. The average molecular weight is 194 g/mol. The van der Waals surface area contributed by atoms with Crippen molar-refractivity contribution in [2.75, 3.05) is 6.54 Å². The molecule has 3 heteroatoms. The largest absolute Gasteiger partial charge is 0.449 e. The number of hydrogen-bond donors (Lipinski definition) is 1. The first-order valence-electron chi connectivity index (χ1n) is 5.41. The lowest BCUT2D eigenvalue weighted by atomic mass is 9.81. The Hall–Kier alpha value is -0.830. The van der Waals surface area contributed by atoms with Gasteiger partial charge in [0.1, 0.15) is 6.26 Å². The molecule has 2 N–H and O–H groups in total. The summed E-state index contributed by atoms with van der Waals surface area (Å²) >= 11 is 0. The Kier molecular flexibility index (Phi) is 2.87. The Balaban J connectivity index is 1.95. The second kappa shape index (κ2) is 4.13. The highest BCUT2D eigenvalue weighted by Crippen LogP contribution is 2.34. The highest BCUT2D eigenvalue weighted by atomic mass is 16.3. The summed E-state index contributed by atoms with van der Waals surface area (Å²) in [6.45, 7) is 2.74. The van der Waals surface area contributed by atoms with E-state index in [9.17, 15) is 0 Å². The molecule has 78 valence electrons. The molecule has 1 aromatic heterocycles. The van der Waals surface area contributed by atoms with Crippen LogP contribution in [0.5, 0.6) is 0 Å². The monoisotopic (exact) mass is 194 g/mol. The van der Waals surface area contributed by atoms with Gasteiger partial charge >= 0.3 is 0 Å². The first-order valence-corrected chi connectivity index (χ1v) is 5.41. The number of aryl methyl sites for hydroxylation is 1. The maximum Gasteiger partial charge on any atom is 0.191 e. The number of hydrogen-bond acceptors (Lipinski definition) is 3. The van der Waals surface area contributed by atoms with Gasteiger partial charge < -0.3 is 10.2 Å². The molecule has 0 spiro atoms. The molecular weight excluding hydrogens is 176 g/mol. The predicted molar refractivity (Wildman–Crippen MR) is 55.0 cm³/mol. The summed E-state index contributed by atoms with van der Waals surface area (Å²) in [5, 5.41) is 0. The van der Waals surface area contributed by atoms with E-state index in [4.69, 9.17) is 10.2 Å². The molecule has 1 aliphatic carbocycles. The minimum absolute atomic E-state index is 0.607. The molecule has 0 bridgehead atoms. The third-order valence-electron chi connectivity index (χ3n) is 3.24. The van der Waals surface area contributed by atoms with Gasteiger partial charge in [0, 0.05) is 12.8 Å². The zero-order chi connectivity index (χ0) is 9.97. The number of nitrogens with zero attached hydrogens (tertiary/aromatic N) is 1. The Morgan fingerprint density at radius 1 is 1.43 bits per heavy atom. The van der Waals surface area contributed by atoms with Crippen LogP contribution in [-0.4, -0.2) is 11.5 Å². The number of oxazole rings is 1. The first kappa shape index (κ1) is 9.71. The molecule has 2 rings (SSSR count). The molecule has 14 heavy (non-hydrogen) atoms. The lowest BCUT2D eigenvalue weighted by Gasteiger charge is -2.26. The van der Waals surface area contributed by atoms with Crippen molar-refractivity contribution in [3.8, 4) is 0 Å². The van der Waals surface area contributed by atoms with E-state index in [2.05, 4.69) is 4.98 Å². The zero-order valence-corrected chi connectivity index (χ0v) is 8.70. The van der Waals surface area contributed by atoms with Crippen LogP contribution in [0.2, 0.25) is 0 Å². The van der Waals surface area contributed by atoms with Gasteiger partial charge in [-0.15, -0.1) is 0 Å². The quantitative estimate of drug-likeness (QED) is 0.785. The van der Waals surface area contributed by atoms with Crippen molar-refractivity contribution in [2.45, 2.75) is 38.5 Å². The summed E-state index contributed by atoms with van der Waals surface area (Å²) in [6, 6.07) is 0. The van der Waals surface area contributed by atoms with E-state index in [0.29, 0.717) is 5.92 Å². The highest BCUT2D eigenvalue weighted by molar-refractivity contribution is 5.05. The third kappa shape index (κ3) is 1.98. The molecule has 1 heterocycles. The SMILES string of the molecule is Cc1nc(C2CCC(CN)CC2)co1. The minimum atomic E-state index is 0.607. The van der Waals surface area contributed by atoms with Crippen molar-refractivity contribution in [1.29, 1.82) is 0 Å². The van der Waals surface area contributed by atoms with Crippen LogP contribution in [0.1, 0.15) is 43.2 Å². The van der Waals surface area contributed by atoms with E-state index in [1.54, 1.807) is 0 Å². The molecule has 0 unspecified atom stereocenters. The van der Waals surface area contributed by atoms with E-state index in [-0.39, 0.29) is 0 Å². The smallest absolute Gasteiger partial charge is 0.191 e. The van der Waals surface area contributed by atoms with Gasteiger partial charge in [-0.3, -0.25) is 0 Å². The summed E-state index contributed by atoms with van der Waals surface area (Å²) in [5.41, 5.74) is 6.79. The van der Waals surface area contributed by atoms with Crippen LogP contribution < -0.4 is 5.73 Å². The Labute approximate surface area is 84.7 Å². The van der Waals surface area contributed by atoms with E-state index in [1.807, 2.05) is 13.2 Å². The van der Waals surface area contributed by atoms with Gasteiger partial charge in [0.15, 0.2) is 5.89 Å². The summed E-state index contributed by atoms with van der Waals surface area (Å²) < 4.78 is 5.24. The molecule has 3 nitrogen and oxygen atoms in total. The minimum Gasteiger partial charge on any atom is -0.449 e. The lowest BCUT2D eigenvalue weighted by Crippen LogP contribution is -2.20. The van der Waals surface area contributed by atoms with Crippen molar-refractivity contribution < 1.29 is 4.42 Å². The van der Waals surface area contributed by atoms with Crippen LogP contribution in [0.25, 0.3) is 0 Å². The molecule has 1 aromatic rings. The summed E-state index contributed by atoms with van der Waals surface area (Å²) in [5.74, 6) is 2.12. The fraction of sp³-hybridized carbons (Fsp3) is 0.727. The van der Waals surface area contributed by atoms with Crippen molar-refractivity contribution in [3.63, 3.8) is 0 Å². The van der Waals surface area contributed by atoms with Crippen LogP contribution in [0.3, 0.4) is 0 Å². The summed E-state index contributed by atoms with van der Waals surface area (Å²) in [4.78, 5) is 4.39. The topological polar surface area (TPSA) is 52.0 Å². The average Bonchev–Trinajstić information content (AvgIpc) is 2.65. The molecule has 1 aliphatic rings. The van der Waals surface area contributed by atoms with Gasteiger partial charge in [-0.05, 0) is 38.1 Å². The molecule has 1 saturated carbocycles. The van der Waals surface area contributed by atoms with Gasteiger partial charge in [-0.1, -0.05) is 0 Å². The van der Waals surface area contributed by atoms with Gasteiger partial charge in [-0.25, -0.2) is 4.98 Å². The normalized spacial score (nSPS) is 27.9. The Bertz CT molecular complexity index is 287. The van der Waals surface area contributed by atoms with Crippen LogP contribution >= 0.6 is 0 Å². The molecular formula is C11H18N2O. The third-order valence-corrected chi connectivity index (χ3v) is 3.24. The Morgan fingerprint density at radius 3 is 2.64 bits per heavy atom. The summed E-state index contributed by atoms with van der Waals surface area (Å²) in [6.07, 6.45) is 6.73. The molecule has 0 aromatic carbocycles. The van der Waals surface area contributed by atoms with Crippen molar-refractivity contribution in [3.05, 3.63) is 17.8 Å². The molecule has 0 radical (unpaired) electrons. The van der Waals surface area contributed by atoms with E-state index in [0.717, 1.165) is 24.0 Å². The van der Waals surface area contributed by atoms with Crippen molar-refractivity contribution >= 4 is 0 Å². The maximum absolute atomic E-state index is 5.66. The molecule has 0 aliphatic heterocycles. The highest BCUT2D eigenvalue weighted by Gasteiger charge is 2.23. The second-order valence-corrected chi connectivity index (χ2v) is 4.24. The van der Waals surface area contributed by atoms with Gasteiger partial charge in [0.2, 0.25) is 0 Å². The van der Waals surface area contributed by atoms with Crippen LogP contribution in [0.15, 0.2) is 10.7 Å². The second-order valence-electron chi connectivity index (χ2n) is 4.24. The molecule has 0 saturated heterocycles. The van der Waals surface area contributed by atoms with E-state index in [1.165, 1.54) is 25.7 Å². The fourth-order valence-corrected chi connectivity index (χ4v) is 2.26. The van der Waals surface area contributed by atoms with Gasteiger partial charge in [0.25, 0.3) is 0 Å². The van der Waals surface area contributed by atoms with Gasteiger partial charge in [-0.2, -0.15) is 0 Å². The van der Waals surface area contributed by atoms with Crippen LogP contribution in [-0.2, 0) is 0 Å². The van der Waals surface area contributed by atoms with E-state index >= 15 is 0 Å². The number of aromatic nitrogens is 1. The molecule has 0 atom stereocenters.